The molecule has 0 aliphatic rings. The van der Waals surface area contributed by atoms with Gasteiger partial charge >= 0.3 is 8.80 Å². The van der Waals surface area contributed by atoms with Crippen molar-refractivity contribution in [2.24, 2.45) is 5.73 Å². The summed E-state index contributed by atoms with van der Waals surface area (Å²) in [6.07, 6.45) is 7.56. The van der Waals surface area contributed by atoms with E-state index in [1.807, 2.05) is 0 Å². The zero-order valence-corrected chi connectivity index (χ0v) is 16.7. The summed E-state index contributed by atoms with van der Waals surface area (Å²) in [4.78, 5) is 0. The number of nitrogens with two attached hydrogens (primary N) is 1. The molecule has 0 fully saturated rings. The lowest BCUT2D eigenvalue weighted by Gasteiger charge is -2.30. The van der Waals surface area contributed by atoms with Crippen molar-refractivity contribution in [3.05, 3.63) is 0 Å². The fourth-order valence-electron chi connectivity index (χ4n) is 2.05. The molecule has 0 amide bonds. The molecule has 0 aliphatic heterocycles. The SMILES string of the molecule is CCCCO[Si](CCNCCCN)(OCCCC)OCCCC. The van der Waals surface area contributed by atoms with Gasteiger partial charge in [-0.15, -0.1) is 0 Å². The molecule has 0 saturated heterocycles. The third kappa shape index (κ3) is 13.0. The first-order valence-corrected chi connectivity index (χ1v) is 11.5. The van der Waals surface area contributed by atoms with E-state index in [0.29, 0.717) is 0 Å². The van der Waals surface area contributed by atoms with Crippen molar-refractivity contribution in [3.8, 4) is 0 Å². The molecule has 3 N–H and O–H groups in total. The number of unbranched alkanes of at least 4 members (excludes halogenated alkanes) is 3. The van der Waals surface area contributed by atoms with Crippen LogP contribution in [0, 0.1) is 0 Å². The number of nitrogens with one attached hydrogen (secondary N) is 1. The maximum Gasteiger partial charge on any atom is 0.502 e. The average molecular weight is 349 g/mol. The molecule has 0 saturated carbocycles. The average Bonchev–Trinajstić information content (AvgIpc) is 2.55. The summed E-state index contributed by atoms with van der Waals surface area (Å²) in [5.41, 5.74) is 5.53. The maximum absolute atomic E-state index is 6.20. The molecule has 0 heterocycles. The summed E-state index contributed by atoms with van der Waals surface area (Å²) in [7, 11) is -2.56. The van der Waals surface area contributed by atoms with E-state index >= 15 is 0 Å². The van der Waals surface area contributed by atoms with Crippen molar-refractivity contribution in [2.45, 2.75) is 71.8 Å². The quantitative estimate of drug-likeness (QED) is 0.294. The molecular formula is C17H40N2O3Si. The van der Waals surface area contributed by atoms with E-state index in [0.717, 1.165) is 90.4 Å². The lowest BCUT2D eigenvalue weighted by atomic mass is 10.4. The normalized spacial score (nSPS) is 12.0. The second-order valence-electron chi connectivity index (χ2n) is 5.93. The van der Waals surface area contributed by atoms with Crippen LogP contribution in [0.4, 0.5) is 0 Å². The van der Waals surface area contributed by atoms with Gasteiger partial charge in [-0.2, -0.15) is 0 Å². The lowest BCUT2D eigenvalue weighted by molar-refractivity contribution is 0.0564. The van der Waals surface area contributed by atoms with Gasteiger partial charge in [0.05, 0.1) is 0 Å². The van der Waals surface area contributed by atoms with E-state index in [1.54, 1.807) is 0 Å². The van der Waals surface area contributed by atoms with Crippen molar-refractivity contribution in [1.29, 1.82) is 0 Å². The highest BCUT2D eigenvalue weighted by molar-refractivity contribution is 6.60. The van der Waals surface area contributed by atoms with Crippen molar-refractivity contribution in [1.82, 2.24) is 5.32 Å². The molecular weight excluding hydrogens is 308 g/mol. The maximum atomic E-state index is 6.20. The molecule has 0 unspecified atom stereocenters. The van der Waals surface area contributed by atoms with Crippen LogP contribution in [0.25, 0.3) is 0 Å². The van der Waals surface area contributed by atoms with Crippen LogP contribution in [0.3, 0.4) is 0 Å². The van der Waals surface area contributed by atoms with Crippen LogP contribution in [0.1, 0.15) is 65.7 Å². The third-order valence-electron chi connectivity index (χ3n) is 3.63. The van der Waals surface area contributed by atoms with Crippen LogP contribution in [0.5, 0.6) is 0 Å². The molecule has 0 spiro atoms. The Kier molecular flexibility index (Phi) is 16.9. The Labute approximate surface area is 145 Å². The van der Waals surface area contributed by atoms with Crippen molar-refractivity contribution >= 4 is 8.80 Å². The van der Waals surface area contributed by atoms with Gasteiger partial charge in [-0.3, -0.25) is 0 Å². The van der Waals surface area contributed by atoms with Crippen molar-refractivity contribution in [3.63, 3.8) is 0 Å². The van der Waals surface area contributed by atoms with Gasteiger partial charge < -0.3 is 24.3 Å². The van der Waals surface area contributed by atoms with Crippen molar-refractivity contribution in [2.75, 3.05) is 39.5 Å². The third-order valence-corrected chi connectivity index (χ3v) is 6.42. The highest BCUT2D eigenvalue weighted by atomic mass is 28.4. The summed E-state index contributed by atoms with van der Waals surface area (Å²) >= 11 is 0. The molecule has 0 atom stereocenters. The predicted molar refractivity (Wildman–Crippen MR) is 99.7 cm³/mol. The Morgan fingerprint density at radius 3 is 1.61 bits per heavy atom. The summed E-state index contributed by atoms with van der Waals surface area (Å²) in [5, 5.41) is 3.43. The van der Waals surface area contributed by atoms with Crippen LogP contribution in [-0.2, 0) is 13.3 Å². The van der Waals surface area contributed by atoms with Gasteiger partial charge in [-0.05, 0) is 45.3 Å². The first kappa shape index (κ1) is 23.0. The molecule has 23 heavy (non-hydrogen) atoms. The zero-order chi connectivity index (χ0) is 17.2. The highest BCUT2D eigenvalue weighted by Gasteiger charge is 2.40. The van der Waals surface area contributed by atoms with E-state index in [-0.39, 0.29) is 0 Å². The van der Waals surface area contributed by atoms with Gasteiger partial charge in [-0.1, -0.05) is 40.0 Å². The molecule has 5 nitrogen and oxygen atoms in total. The van der Waals surface area contributed by atoms with Gasteiger partial charge in [0.2, 0.25) is 0 Å². The summed E-state index contributed by atoms with van der Waals surface area (Å²) < 4.78 is 18.6. The van der Waals surface area contributed by atoms with Crippen LogP contribution >= 0.6 is 0 Å². The molecule has 140 valence electrons. The van der Waals surface area contributed by atoms with Crippen LogP contribution in [-0.4, -0.2) is 48.3 Å². The first-order valence-electron chi connectivity index (χ1n) is 9.57. The molecule has 0 radical (unpaired) electrons. The Hall–Kier alpha value is 0.0169. The minimum Gasteiger partial charge on any atom is -0.373 e. The fourth-order valence-corrected chi connectivity index (χ4v) is 4.58. The second kappa shape index (κ2) is 16.9. The van der Waals surface area contributed by atoms with E-state index < -0.39 is 8.80 Å². The summed E-state index contributed by atoms with van der Waals surface area (Å²) in [6, 6.07) is 0.842. The van der Waals surface area contributed by atoms with Gasteiger partial charge in [0.15, 0.2) is 0 Å². The van der Waals surface area contributed by atoms with Crippen molar-refractivity contribution < 1.29 is 13.3 Å². The second-order valence-corrected chi connectivity index (χ2v) is 8.66. The standard InChI is InChI=1S/C17H40N2O3Si/c1-4-7-14-20-23(21-15-8-5-2,22-16-9-6-3)17-13-19-12-10-11-18/h19H,4-18H2,1-3H3. The minimum atomic E-state index is -2.56. The number of hydrogen-bond acceptors (Lipinski definition) is 5. The first-order chi connectivity index (χ1) is 11.2. The molecule has 0 rings (SSSR count). The minimum absolute atomic E-state index is 0.725. The largest absolute Gasteiger partial charge is 0.502 e. The van der Waals surface area contributed by atoms with E-state index in [4.69, 9.17) is 19.0 Å². The Balaban J connectivity index is 4.52. The molecule has 0 aromatic carbocycles. The fraction of sp³-hybridized carbons (Fsp3) is 1.00. The Bertz CT molecular complexity index is 219. The van der Waals surface area contributed by atoms with Gasteiger partial charge in [0, 0.05) is 25.9 Å². The van der Waals surface area contributed by atoms with E-state index in [1.165, 1.54) is 0 Å². The van der Waals surface area contributed by atoms with Gasteiger partial charge in [-0.25, -0.2) is 0 Å². The molecule has 6 heteroatoms. The topological polar surface area (TPSA) is 65.7 Å². The van der Waals surface area contributed by atoms with Gasteiger partial charge in [0.1, 0.15) is 0 Å². The monoisotopic (exact) mass is 348 g/mol. The summed E-state index contributed by atoms with van der Waals surface area (Å²) in [5.74, 6) is 0. The Morgan fingerprint density at radius 1 is 0.739 bits per heavy atom. The van der Waals surface area contributed by atoms with Crippen LogP contribution < -0.4 is 11.1 Å². The Morgan fingerprint density at radius 2 is 1.22 bits per heavy atom. The van der Waals surface area contributed by atoms with Crippen LogP contribution in [0.15, 0.2) is 0 Å². The molecule has 0 aromatic heterocycles. The van der Waals surface area contributed by atoms with Crippen LogP contribution in [0.2, 0.25) is 6.04 Å². The molecule has 0 aromatic rings. The van der Waals surface area contributed by atoms with E-state index in [2.05, 4.69) is 26.1 Å². The number of hydrogen-bond donors (Lipinski definition) is 2. The van der Waals surface area contributed by atoms with Gasteiger partial charge in [0.25, 0.3) is 0 Å². The zero-order valence-electron chi connectivity index (χ0n) is 15.7. The summed E-state index contributed by atoms with van der Waals surface area (Å²) in [6.45, 7) is 11.3. The predicted octanol–water partition coefficient (Wildman–Crippen LogP) is 3.31. The highest BCUT2D eigenvalue weighted by Crippen LogP contribution is 2.18. The smallest absolute Gasteiger partial charge is 0.373 e. The van der Waals surface area contributed by atoms with E-state index in [9.17, 15) is 0 Å². The lowest BCUT2D eigenvalue weighted by Crippen LogP contribution is -2.48. The molecule has 0 bridgehead atoms. The molecule has 0 aliphatic carbocycles. The number of rotatable bonds is 18.